The summed E-state index contributed by atoms with van der Waals surface area (Å²) >= 11 is 1.56. The Morgan fingerprint density at radius 3 is 2.79 bits per heavy atom. The van der Waals surface area contributed by atoms with Crippen LogP contribution in [0.5, 0.6) is 0 Å². The van der Waals surface area contributed by atoms with E-state index in [2.05, 4.69) is 20.2 Å². The molecule has 0 spiro atoms. The van der Waals surface area contributed by atoms with Crippen LogP contribution in [0.2, 0.25) is 0 Å². The number of thiazole rings is 1. The zero-order chi connectivity index (χ0) is 20.1. The van der Waals surface area contributed by atoms with E-state index in [1.54, 1.807) is 35.9 Å². The van der Waals surface area contributed by atoms with E-state index in [1.165, 1.54) is 12.1 Å². The molecule has 4 rings (SSSR count). The van der Waals surface area contributed by atoms with Crippen LogP contribution >= 0.6 is 11.3 Å². The van der Waals surface area contributed by atoms with E-state index in [4.69, 9.17) is 0 Å². The molecule has 1 aromatic carbocycles. The summed E-state index contributed by atoms with van der Waals surface area (Å²) in [5.41, 5.74) is 1.50. The maximum atomic E-state index is 13.2. The van der Waals surface area contributed by atoms with Crippen molar-refractivity contribution in [2.24, 2.45) is 5.92 Å². The third-order valence-electron chi connectivity index (χ3n) is 5.23. The van der Waals surface area contributed by atoms with Crippen LogP contribution in [0.1, 0.15) is 39.9 Å². The highest BCUT2D eigenvalue weighted by atomic mass is 32.1. The van der Waals surface area contributed by atoms with Gasteiger partial charge in [-0.3, -0.25) is 14.7 Å². The Hall–Kier alpha value is -2.64. The van der Waals surface area contributed by atoms with Crippen LogP contribution in [-0.4, -0.2) is 33.9 Å². The van der Waals surface area contributed by atoms with Crippen molar-refractivity contribution in [3.63, 3.8) is 0 Å². The summed E-state index contributed by atoms with van der Waals surface area (Å²) in [7, 11) is 0. The lowest BCUT2D eigenvalue weighted by Crippen LogP contribution is -2.42. The van der Waals surface area contributed by atoms with Gasteiger partial charge >= 0.3 is 0 Å². The van der Waals surface area contributed by atoms with E-state index in [-0.39, 0.29) is 23.7 Å². The lowest BCUT2D eigenvalue weighted by Gasteiger charge is -2.36. The summed E-state index contributed by atoms with van der Waals surface area (Å²) in [6, 6.07) is 11.8. The van der Waals surface area contributed by atoms with Crippen LogP contribution < -0.4 is 5.32 Å². The van der Waals surface area contributed by atoms with Gasteiger partial charge in [0.15, 0.2) is 0 Å². The van der Waals surface area contributed by atoms with Crippen molar-refractivity contribution in [1.29, 1.82) is 0 Å². The molecule has 1 N–H and O–H groups in total. The summed E-state index contributed by atoms with van der Waals surface area (Å²) in [6.45, 7) is 2.62. The van der Waals surface area contributed by atoms with Crippen LogP contribution in [0, 0.1) is 11.7 Å². The Balaban J connectivity index is 1.48. The molecule has 0 unspecified atom stereocenters. The van der Waals surface area contributed by atoms with E-state index in [0.29, 0.717) is 5.69 Å². The van der Waals surface area contributed by atoms with E-state index < -0.39 is 0 Å². The van der Waals surface area contributed by atoms with Gasteiger partial charge in [-0.15, -0.1) is 11.3 Å². The molecule has 2 atom stereocenters. The topological polar surface area (TPSA) is 58.1 Å². The lowest BCUT2D eigenvalue weighted by atomic mass is 9.90. The Morgan fingerprint density at radius 1 is 1.21 bits per heavy atom. The van der Waals surface area contributed by atoms with Gasteiger partial charge < -0.3 is 5.32 Å². The number of hydrogen-bond acceptors (Lipinski definition) is 5. The quantitative estimate of drug-likeness (QED) is 0.666. The highest BCUT2D eigenvalue weighted by molar-refractivity contribution is 7.09. The van der Waals surface area contributed by atoms with Gasteiger partial charge in [-0.1, -0.05) is 18.2 Å². The molecule has 0 bridgehead atoms. The first-order valence-corrected chi connectivity index (χ1v) is 10.6. The molecule has 3 aromatic rings. The van der Waals surface area contributed by atoms with Gasteiger partial charge in [0, 0.05) is 30.9 Å². The maximum Gasteiger partial charge on any atom is 0.270 e. The summed E-state index contributed by atoms with van der Waals surface area (Å²) in [4.78, 5) is 23.8. The molecular weight excluding hydrogens is 387 g/mol. The van der Waals surface area contributed by atoms with Crippen LogP contribution in [0.25, 0.3) is 0 Å². The van der Waals surface area contributed by atoms with E-state index in [9.17, 15) is 9.18 Å². The van der Waals surface area contributed by atoms with Crippen LogP contribution in [0.15, 0.2) is 60.2 Å². The number of benzene rings is 1. The number of aromatic nitrogens is 2. The normalized spacial score (nSPS) is 18.3. The molecular formula is C22H23FN4OS. The maximum absolute atomic E-state index is 13.2. The highest BCUT2D eigenvalue weighted by Gasteiger charge is 2.31. The minimum Gasteiger partial charge on any atom is -0.341 e. The van der Waals surface area contributed by atoms with Gasteiger partial charge in [-0.25, -0.2) is 9.37 Å². The number of carbonyl (C=O) groups excluding carboxylic acids is 1. The average molecular weight is 411 g/mol. The minimum absolute atomic E-state index is 0.152. The van der Waals surface area contributed by atoms with Gasteiger partial charge in [-0.05, 0) is 55.1 Å². The van der Waals surface area contributed by atoms with Gasteiger partial charge in [0.1, 0.15) is 16.5 Å². The number of piperidine rings is 1. The van der Waals surface area contributed by atoms with Crippen molar-refractivity contribution < 1.29 is 9.18 Å². The Labute approximate surface area is 173 Å². The second-order valence-corrected chi connectivity index (χ2v) is 8.23. The standard InChI is InChI=1S/C22H23FN4OS/c23-18-8-6-16(7-9-18)14-27-12-3-4-17(15-27)20(22-25-11-13-29-22)26-21(28)19-5-1-2-10-24-19/h1-2,5-11,13,17,20H,3-4,12,14-15H2,(H,26,28)/t17-,20+/m1/s1. The first kappa shape index (κ1) is 19.7. The molecule has 1 fully saturated rings. The number of pyridine rings is 1. The molecule has 1 aliphatic rings. The average Bonchev–Trinajstić information content (AvgIpc) is 3.29. The number of amides is 1. The van der Waals surface area contributed by atoms with Crippen LogP contribution in [0.3, 0.4) is 0 Å². The van der Waals surface area contributed by atoms with Gasteiger partial charge in [0.05, 0.1) is 6.04 Å². The van der Waals surface area contributed by atoms with Gasteiger partial charge in [-0.2, -0.15) is 0 Å². The third-order valence-corrected chi connectivity index (χ3v) is 6.09. The molecule has 150 valence electrons. The molecule has 0 radical (unpaired) electrons. The Morgan fingerprint density at radius 2 is 2.07 bits per heavy atom. The second kappa shape index (κ2) is 9.24. The fourth-order valence-electron chi connectivity index (χ4n) is 3.84. The summed E-state index contributed by atoms with van der Waals surface area (Å²) in [5, 5.41) is 6.03. The monoisotopic (exact) mass is 410 g/mol. The molecule has 2 aromatic heterocycles. The lowest BCUT2D eigenvalue weighted by molar-refractivity contribution is 0.0873. The fraction of sp³-hybridized carbons (Fsp3) is 0.318. The van der Waals surface area contributed by atoms with E-state index in [1.807, 2.05) is 23.6 Å². The predicted molar refractivity (Wildman–Crippen MR) is 111 cm³/mol. The smallest absolute Gasteiger partial charge is 0.270 e. The number of nitrogens with one attached hydrogen (secondary N) is 1. The first-order chi connectivity index (χ1) is 14.2. The molecule has 0 saturated carbocycles. The summed E-state index contributed by atoms with van der Waals surface area (Å²) in [5.74, 6) is -0.143. The van der Waals surface area contributed by atoms with Crippen LogP contribution in [0.4, 0.5) is 4.39 Å². The first-order valence-electron chi connectivity index (χ1n) is 9.77. The third kappa shape index (κ3) is 5.05. The zero-order valence-corrected chi connectivity index (χ0v) is 16.8. The molecule has 3 heterocycles. The molecule has 7 heteroatoms. The van der Waals surface area contributed by atoms with Crippen molar-refractivity contribution in [1.82, 2.24) is 20.2 Å². The molecule has 29 heavy (non-hydrogen) atoms. The van der Waals surface area contributed by atoms with Crippen molar-refractivity contribution in [3.8, 4) is 0 Å². The molecule has 1 amide bonds. The predicted octanol–water partition coefficient (Wildman–Crippen LogP) is 4.06. The van der Waals surface area contributed by atoms with Gasteiger partial charge in [0.2, 0.25) is 0 Å². The largest absolute Gasteiger partial charge is 0.341 e. The number of nitrogens with zero attached hydrogens (tertiary/aromatic N) is 3. The molecule has 5 nitrogen and oxygen atoms in total. The molecule has 0 aliphatic carbocycles. The second-order valence-electron chi connectivity index (χ2n) is 7.30. The highest BCUT2D eigenvalue weighted by Crippen LogP contribution is 2.32. The fourth-order valence-corrected chi connectivity index (χ4v) is 4.62. The number of hydrogen-bond donors (Lipinski definition) is 1. The Bertz CT molecular complexity index is 918. The minimum atomic E-state index is -0.216. The van der Waals surface area contributed by atoms with E-state index in [0.717, 1.165) is 43.0 Å². The molecule has 1 aliphatic heterocycles. The zero-order valence-electron chi connectivity index (χ0n) is 16.0. The van der Waals surface area contributed by atoms with Crippen molar-refractivity contribution >= 4 is 17.2 Å². The number of carbonyl (C=O) groups is 1. The van der Waals surface area contributed by atoms with Gasteiger partial charge in [0.25, 0.3) is 5.91 Å². The SMILES string of the molecule is O=C(N[C@H](c1nccs1)[C@@H]1CCCN(Cc2ccc(F)cc2)C1)c1ccccn1. The number of halogens is 1. The summed E-state index contributed by atoms with van der Waals surface area (Å²) in [6.07, 6.45) is 5.47. The number of likely N-dealkylation sites (tertiary alicyclic amines) is 1. The summed E-state index contributed by atoms with van der Waals surface area (Å²) < 4.78 is 13.2. The van der Waals surface area contributed by atoms with Crippen molar-refractivity contribution in [2.45, 2.75) is 25.4 Å². The number of rotatable bonds is 6. The van der Waals surface area contributed by atoms with Crippen molar-refractivity contribution in [3.05, 3.63) is 82.3 Å². The Kier molecular flexibility index (Phi) is 6.27. The van der Waals surface area contributed by atoms with Crippen LogP contribution in [-0.2, 0) is 6.54 Å². The van der Waals surface area contributed by atoms with E-state index >= 15 is 0 Å². The molecule has 1 saturated heterocycles. The van der Waals surface area contributed by atoms with Crippen molar-refractivity contribution in [2.75, 3.05) is 13.1 Å².